The quantitative estimate of drug-likeness (QED) is 0.680. The number of hydrogen-bond acceptors (Lipinski definition) is 5. The maximum atomic E-state index is 12.0. The molecule has 0 unspecified atom stereocenters. The summed E-state index contributed by atoms with van der Waals surface area (Å²) in [5, 5.41) is 7.02. The topological polar surface area (TPSA) is 76.1 Å². The van der Waals surface area contributed by atoms with Crippen LogP contribution in [0.25, 0.3) is 10.9 Å². The van der Waals surface area contributed by atoms with Gasteiger partial charge in [0.2, 0.25) is 5.95 Å². The summed E-state index contributed by atoms with van der Waals surface area (Å²) in [6, 6.07) is 9.30. The van der Waals surface area contributed by atoms with Crippen LogP contribution >= 0.6 is 0 Å². The number of methoxy groups -OCH3 is 1. The van der Waals surface area contributed by atoms with Crippen LogP contribution in [0, 0.1) is 6.92 Å². The van der Waals surface area contributed by atoms with Crippen molar-refractivity contribution >= 4 is 41.8 Å². The van der Waals surface area contributed by atoms with Crippen LogP contribution < -0.4 is 20.8 Å². The molecule has 2 aromatic carbocycles. The second kappa shape index (κ2) is 7.66. The molecule has 1 heterocycles. The van der Waals surface area contributed by atoms with Crippen molar-refractivity contribution < 1.29 is 9.53 Å². The molecular formula is C20H23BN4O2. The Balaban J connectivity index is 1.86. The van der Waals surface area contributed by atoms with Crippen LogP contribution in [-0.2, 0) is 0 Å². The Morgan fingerprint density at radius 2 is 1.93 bits per heavy atom. The lowest BCUT2D eigenvalue weighted by Gasteiger charge is -2.12. The molecule has 0 radical (unpaired) electrons. The molecule has 1 amide bonds. The van der Waals surface area contributed by atoms with Gasteiger partial charge in [0, 0.05) is 28.9 Å². The van der Waals surface area contributed by atoms with Crippen LogP contribution in [0.2, 0.25) is 0 Å². The predicted octanol–water partition coefficient (Wildman–Crippen LogP) is 2.09. The average molecular weight is 362 g/mol. The fraction of sp³-hybridized carbons (Fsp3) is 0.250. The molecule has 0 aliphatic rings. The van der Waals surface area contributed by atoms with Gasteiger partial charge in [-0.05, 0) is 56.7 Å². The first-order valence-electron chi connectivity index (χ1n) is 8.88. The summed E-state index contributed by atoms with van der Waals surface area (Å²) in [6.45, 7) is 5.92. The van der Waals surface area contributed by atoms with Gasteiger partial charge in [0.05, 0.1) is 7.11 Å². The third kappa shape index (κ3) is 4.02. The Labute approximate surface area is 159 Å². The molecule has 0 aliphatic heterocycles. The molecule has 0 saturated carbocycles. The number of hydrogen-bond donors (Lipinski definition) is 2. The molecule has 3 rings (SSSR count). The van der Waals surface area contributed by atoms with Crippen LogP contribution in [0.15, 0.2) is 36.5 Å². The van der Waals surface area contributed by atoms with Gasteiger partial charge in [-0.2, -0.15) is 0 Å². The Morgan fingerprint density at radius 3 is 2.56 bits per heavy atom. The Morgan fingerprint density at radius 1 is 1.22 bits per heavy atom. The number of nitrogens with zero attached hydrogens (tertiary/aromatic N) is 2. The fourth-order valence-corrected chi connectivity index (χ4v) is 2.83. The Kier molecular flexibility index (Phi) is 5.30. The van der Waals surface area contributed by atoms with Gasteiger partial charge < -0.3 is 15.4 Å². The van der Waals surface area contributed by atoms with E-state index in [4.69, 9.17) is 4.74 Å². The van der Waals surface area contributed by atoms with Gasteiger partial charge in [-0.15, -0.1) is 0 Å². The summed E-state index contributed by atoms with van der Waals surface area (Å²) in [7, 11) is 3.68. The van der Waals surface area contributed by atoms with Gasteiger partial charge in [0.25, 0.3) is 5.91 Å². The van der Waals surface area contributed by atoms with Gasteiger partial charge in [-0.25, -0.2) is 9.97 Å². The van der Waals surface area contributed by atoms with Crippen molar-refractivity contribution in [3.8, 4) is 5.75 Å². The molecule has 0 atom stereocenters. The van der Waals surface area contributed by atoms with E-state index in [0.29, 0.717) is 11.5 Å². The van der Waals surface area contributed by atoms with Crippen LogP contribution in [0.1, 0.15) is 29.8 Å². The van der Waals surface area contributed by atoms with E-state index in [-0.39, 0.29) is 11.9 Å². The van der Waals surface area contributed by atoms with Crippen molar-refractivity contribution in [2.45, 2.75) is 26.8 Å². The van der Waals surface area contributed by atoms with Crippen molar-refractivity contribution in [2.24, 2.45) is 0 Å². The number of benzene rings is 2. The van der Waals surface area contributed by atoms with Gasteiger partial charge >= 0.3 is 0 Å². The lowest BCUT2D eigenvalue weighted by atomic mass is 9.89. The fourth-order valence-electron chi connectivity index (χ4n) is 2.83. The third-order valence-corrected chi connectivity index (χ3v) is 4.41. The highest BCUT2D eigenvalue weighted by Crippen LogP contribution is 2.26. The number of anilines is 2. The van der Waals surface area contributed by atoms with Crippen molar-refractivity contribution in [1.82, 2.24) is 15.3 Å². The normalized spacial score (nSPS) is 10.9. The van der Waals surface area contributed by atoms with E-state index in [1.807, 2.05) is 39.9 Å². The highest BCUT2D eigenvalue weighted by Gasteiger charge is 2.11. The summed E-state index contributed by atoms with van der Waals surface area (Å²) in [5.41, 5.74) is 4.46. The lowest BCUT2D eigenvalue weighted by Crippen LogP contribution is -2.29. The van der Waals surface area contributed by atoms with Crippen LogP contribution in [0.4, 0.5) is 11.6 Å². The minimum atomic E-state index is -0.0888. The van der Waals surface area contributed by atoms with E-state index in [1.165, 1.54) is 0 Å². The van der Waals surface area contributed by atoms with E-state index in [1.54, 1.807) is 25.4 Å². The number of carbonyl (C=O) groups excluding carboxylic acids is 1. The first-order chi connectivity index (χ1) is 12.9. The lowest BCUT2D eigenvalue weighted by molar-refractivity contribution is 0.0943. The molecule has 0 aliphatic carbocycles. The summed E-state index contributed by atoms with van der Waals surface area (Å²) in [5.74, 6) is 1.11. The van der Waals surface area contributed by atoms with E-state index in [0.717, 1.165) is 33.4 Å². The molecule has 3 aromatic rings. The minimum Gasteiger partial charge on any atom is -0.494 e. The number of amides is 1. The first-order valence-corrected chi connectivity index (χ1v) is 8.88. The molecule has 6 nitrogen and oxygen atoms in total. The zero-order valence-corrected chi connectivity index (χ0v) is 16.3. The number of aromatic nitrogens is 2. The Bertz CT molecular complexity index is 987. The molecule has 0 saturated heterocycles. The molecule has 2 N–H and O–H groups in total. The number of carbonyl (C=O) groups is 1. The number of fused-ring (bicyclic) bond motifs is 1. The number of aryl methyl sites for hydroxylation is 1. The average Bonchev–Trinajstić information content (AvgIpc) is 2.64. The molecule has 0 bridgehead atoms. The molecular weight excluding hydrogens is 339 g/mol. The second-order valence-electron chi connectivity index (χ2n) is 6.81. The van der Waals surface area contributed by atoms with Crippen molar-refractivity contribution in [3.05, 3.63) is 47.7 Å². The SMILES string of the molecule is Bc1cc(OC)c2nc(Nc3ccc(C(=O)NC(C)C)cc3)ncc2c1C. The van der Waals surface area contributed by atoms with Crippen LogP contribution in [0.3, 0.4) is 0 Å². The molecule has 138 valence electrons. The van der Waals surface area contributed by atoms with E-state index in [9.17, 15) is 4.79 Å². The summed E-state index contributed by atoms with van der Waals surface area (Å²) < 4.78 is 5.48. The maximum absolute atomic E-state index is 12.0. The highest BCUT2D eigenvalue weighted by atomic mass is 16.5. The molecule has 0 spiro atoms. The maximum Gasteiger partial charge on any atom is 0.251 e. The molecule has 7 heteroatoms. The van der Waals surface area contributed by atoms with E-state index < -0.39 is 0 Å². The summed E-state index contributed by atoms with van der Waals surface area (Å²) >= 11 is 0. The number of rotatable bonds is 5. The highest BCUT2D eigenvalue weighted by molar-refractivity contribution is 6.34. The third-order valence-electron chi connectivity index (χ3n) is 4.41. The zero-order valence-electron chi connectivity index (χ0n) is 16.3. The molecule has 27 heavy (non-hydrogen) atoms. The standard InChI is InChI=1S/C20H23BN4O2/c1-11(2)23-19(26)13-5-7-14(8-6-13)24-20-22-10-15-12(3)16(21)9-17(27-4)18(15)25-20/h5-11H,21H2,1-4H3,(H,23,26)(H,22,24,25). The second-order valence-corrected chi connectivity index (χ2v) is 6.81. The number of ether oxygens (including phenoxy) is 1. The monoisotopic (exact) mass is 362 g/mol. The number of nitrogens with one attached hydrogen (secondary N) is 2. The first kappa shape index (κ1) is 18.7. The van der Waals surface area contributed by atoms with Crippen LogP contribution in [0.5, 0.6) is 5.75 Å². The molecule has 0 fully saturated rings. The van der Waals surface area contributed by atoms with Gasteiger partial charge in [0.15, 0.2) is 0 Å². The molecule has 1 aromatic heterocycles. The van der Waals surface area contributed by atoms with E-state index in [2.05, 4.69) is 27.5 Å². The van der Waals surface area contributed by atoms with Crippen molar-refractivity contribution in [1.29, 1.82) is 0 Å². The summed E-state index contributed by atoms with van der Waals surface area (Å²) in [6.07, 6.45) is 1.81. The van der Waals surface area contributed by atoms with Crippen molar-refractivity contribution in [3.63, 3.8) is 0 Å². The smallest absolute Gasteiger partial charge is 0.251 e. The van der Waals surface area contributed by atoms with Gasteiger partial charge in [-0.3, -0.25) is 4.79 Å². The largest absolute Gasteiger partial charge is 0.494 e. The summed E-state index contributed by atoms with van der Waals surface area (Å²) in [4.78, 5) is 21.1. The van der Waals surface area contributed by atoms with E-state index >= 15 is 0 Å². The minimum absolute atomic E-state index is 0.0888. The van der Waals surface area contributed by atoms with Crippen LogP contribution in [-0.4, -0.2) is 36.9 Å². The predicted molar refractivity (Wildman–Crippen MR) is 111 cm³/mol. The van der Waals surface area contributed by atoms with Crippen molar-refractivity contribution in [2.75, 3.05) is 12.4 Å². The Hall–Kier alpha value is -3.09. The zero-order chi connectivity index (χ0) is 19.6. The van der Waals surface area contributed by atoms with Gasteiger partial charge in [0.1, 0.15) is 19.1 Å². The van der Waals surface area contributed by atoms with Gasteiger partial charge in [-0.1, -0.05) is 5.46 Å².